The predicted octanol–water partition coefficient (Wildman–Crippen LogP) is 3.84. The van der Waals surface area contributed by atoms with Crippen LogP contribution in [0.15, 0.2) is 42.5 Å². The second-order valence-electron chi connectivity index (χ2n) is 6.17. The molecule has 0 aromatic heterocycles. The van der Waals surface area contributed by atoms with Gasteiger partial charge in [0.05, 0.1) is 24.7 Å². The van der Waals surface area contributed by atoms with E-state index in [-0.39, 0.29) is 18.9 Å². The van der Waals surface area contributed by atoms with Crippen LogP contribution in [0.25, 0.3) is 0 Å². The summed E-state index contributed by atoms with van der Waals surface area (Å²) in [7, 11) is -1.95. The van der Waals surface area contributed by atoms with Crippen molar-refractivity contribution in [2.45, 2.75) is 19.8 Å². The molecule has 0 saturated carbocycles. The number of amides is 1. The molecule has 8 heteroatoms. The van der Waals surface area contributed by atoms with Crippen LogP contribution in [0.5, 0.6) is 5.75 Å². The first kappa shape index (κ1) is 21.1. The van der Waals surface area contributed by atoms with Gasteiger partial charge in [-0.2, -0.15) is 0 Å². The van der Waals surface area contributed by atoms with Gasteiger partial charge in [-0.15, -0.1) is 0 Å². The smallest absolute Gasteiger partial charge is 0.232 e. The number of hydrogen-bond donors (Lipinski definition) is 1. The van der Waals surface area contributed by atoms with Crippen molar-refractivity contribution in [3.05, 3.63) is 53.1 Å². The Hall–Kier alpha value is -2.25. The number of aryl methyl sites for hydroxylation is 1. The number of carbonyl (C=O) groups is 1. The van der Waals surface area contributed by atoms with Crippen molar-refractivity contribution in [3.8, 4) is 5.75 Å². The minimum absolute atomic E-state index is 0.170. The highest BCUT2D eigenvalue weighted by atomic mass is 35.5. The summed E-state index contributed by atoms with van der Waals surface area (Å²) in [6.07, 6.45) is 1.66. The summed E-state index contributed by atoms with van der Waals surface area (Å²) in [5.74, 6) is 0.365. The highest BCUT2D eigenvalue weighted by molar-refractivity contribution is 7.92. The Kier molecular flexibility index (Phi) is 7.10. The van der Waals surface area contributed by atoms with Gasteiger partial charge in [-0.05, 0) is 49.2 Å². The normalized spacial score (nSPS) is 11.1. The average molecular weight is 411 g/mol. The maximum atomic E-state index is 12.3. The number of carbonyl (C=O) groups excluding carboxylic acids is 1. The third kappa shape index (κ3) is 6.15. The molecule has 0 fully saturated rings. The number of methoxy groups -OCH3 is 1. The van der Waals surface area contributed by atoms with Gasteiger partial charge in [0.2, 0.25) is 15.9 Å². The second-order valence-corrected chi connectivity index (χ2v) is 8.51. The number of anilines is 2. The van der Waals surface area contributed by atoms with E-state index in [0.29, 0.717) is 28.6 Å². The lowest BCUT2D eigenvalue weighted by molar-refractivity contribution is -0.116. The number of rotatable bonds is 8. The summed E-state index contributed by atoms with van der Waals surface area (Å²) in [5, 5.41) is 3.26. The maximum Gasteiger partial charge on any atom is 0.232 e. The Bertz CT molecular complexity index is 916. The van der Waals surface area contributed by atoms with Gasteiger partial charge >= 0.3 is 0 Å². The summed E-state index contributed by atoms with van der Waals surface area (Å²) in [6, 6.07) is 12.1. The first-order chi connectivity index (χ1) is 12.7. The van der Waals surface area contributed by atoms with Crippen LogP contribution in [-0.4, -0.2) is 34.2 Å². The molecule has 6 nitrogen and oxygen atoms in total. The van der Waals surface area contributed by atoms with Crippen LogP contribution in [-0.2, 0) is 14.8 Å². The maximum absolute atomic E-state index is 12.3. The number of hydrogen-bond acceptors (Lipinski definition) is 4. The Morgan fingerprint density at radius 2 is 1.96 bits per heavy atom. The Labute approximate surface area is 165 Å². The van der Waals surface area contributed by atoms with E-state index in [1.165, 1.54) is 11.4 Å². The third-order valence-corrected chi connectivity index (χ3v) is 5.32. The molecule has 0 aliphatic heterocycles. The van der Waals surface area contributed by atoms with Crippen LogP contribution in [0.2, 0.25) is 5.02 Å². The molecule has 0 heterocycles. The van der Waals surface area contributed by atoms with Crippen LogP contribution < -0.4 is 14.4 Å². The molecule has 146 valence electrons. The van der Waals surface area contributed by atoms with Gasteiger partial charge in [0.15, 0.2) is 0 Å². The summed E-state index contributed by atoms with van der Waals surface area (Å²) < 4.78 is 30.7. The summed E-state index contributed by atoms with van der Waals surface area (Å²) >= 11 is 5.96. The fourth-order valence-electron chi connectivity index (χ4n) is 2.63. The van der Waals surface area contributed by atoms with Gasteiger partial charge < -0.3 is 10.1 Å². The largest absolute Gasteiger partial charge is 0.495 e. The molecule has 0 aliphatic rings. The second kappa shape index (κ2) is 9.10. The number of nitrogens with one attached hydrogen (secondary N) is 1. The molecule has 27 heavy (non-hydrogen) atoms. The molecular formula is C19H23ClN2O4S. The number of sulfonamides is 1. The van der Waals surface area contributed by atoms with Crippen LogP contribution in [0, 0.1) is 6.92 Å². The quantitative estimate of drug-likeness (QED) is 0.717. The van der Waals surface area contributed by atoms with Crippen LogP contribution in [0.4, 0.5) is 11.4 Å². The van der Waals surface area contributed by atoms with E-state index in [1.807, 2.05) is 19.1 Å². The molecule has 0 spiro atoms. The SMILES string of the molecule is COc1ccc(C)cc1NC(=O)CCCN(c1cccc(Cl)c1)S(C)(=O)=O. The minimum Gasteiger partial charge on any atom is -0.495 e. The van der Waals surface area contributed by atoms with E-state index in [2.05, 4.69) is 5.32 Å². The molecule has 2 rings (SSSR count). The molecular weight excluding hydrogens is 388 g/mol. The van der Waals surface area contributed by atoms with Crippen LogP contribution in [0.3, 0.4) is 0 Å². The zero-order chi connectivity index (χ0) is 20.0. The van der Waals surface area contributed by atoms with E-state index in [4.69, 9.17) is 16.3 Å². The monoisotopic (exact) mass is 410 g/mol. The summed E-state index contributed by atoms with van der Waals surface area (Å²) in [5.41, 5.74) is 2.07. The standard InChI is InChI=1S/C19H23ClN2O4S/c1-14-9-10-18(26-2)17(12-14)21-19(23)8-5-11-22(27(3,24)25)16-7-4-6-15(20)13-16/h4,6-7,9-10,12-13H,5,8,11H2,1-3H3,(H,21,23). The van der Waals surface area contributed by atoms with E-state index >= 15 is 0 Å². The summed E-state index contributed by atoms with van der Waals surface area (Å²) in [4.78, 5) is 12.3. The minimum atomic E-state index is -3.48. The molecule has 1 N–H and O–H groups in total. The number of nitrogens with zero attached hydrogens (tertiary/aromatic N) is 1. The van der Waals surface area contributed by atoms with Gasteiger partial charge in [-0.3, -0.25) is 9.10 Å². The zero-order valence-corrected chi connectivity index (χ0v) is 17.1. The van der Waals surface area contributed by atoms with Gasteiger partial charge in [-0.25, -0.2) is 8.42 Å². The molecule has 0 unspecified atom stereocenters. The van der Waals surface area contributed by atoms with E-state index in [1.54, 1.807) is 30.3 Å². The fraction of sp³-hybridized carbons (Fsp3) is 0.316. The Morgan fingerprint density at radius 1 is 1.22 bits per heavy atom. The van der Waals surface area contributed by atoms with Gasteiger partial charge in [0, 0.05) is 18.0 Å². The fourth-order valence-corrected chi connectivity index (χ4v) is 3.77. The lowest BCUT2D eigenvalue weighted by Gasteiger charge is -2.22. The van der Waals surface area contributed by atoms with Crippen LogP contribution in [0.1, 0.15) is 18.4 Å². The number of benzene rings is 2. The molecule has 0 atom stereocenters. The van der Waals surface area contributed by atoms with Crippen molar-refractivity contribution < 1.29 is 17.9 Å². The van der Waals surface area contributed by atoms with Crippen molar-refractivity contribution in [1.29, 1.82) is 0 Å². The number of halogens is 1. The average Bonchev–Trinajstić information content (AvgIpc) is 2.58. The van der Waals surface area contributed by atoms with E-state index in [9.17, 15) is 13.2 Å². The molecule has 2 aromatic rings. The van der Waals surface area contributed by atoms with Gasteiger partial charge in [0.25, 0.3) is 0 Å². The number of ether oxygens (including phenoxy) is 1. The summed E-state index contributed by atoms with van der Waals surface area (Å²) in [6.45, 7) is 2.10. The molecule has 0 aliphatic carbocycles. The molecule has 2 aromatic carbocycles. The van der Waals surface area contributed by atoms with Crippen molar-refractivity contribution in [2.24, 2.45) is 0 Å². The third-order valence-electron chi connectivity index (χ3n) is 3.89. The lowest BCUT2D eigenvalue weighted by Crippen LogP contribution is -2.31. The van der Waals surface area contributed by atoms with Gasteiger partial charge in [-0.1, -0.05) is 23.7 Å². The predicted molar refractivity (Wildman–Crippen MR) is 109 cm³/mol. The highest BCUT2D eigenvalue weighted by Gasteiger charge is 2.18. The van der Waals surface area contributed by atoms with Crippen molar-refractivity contribution in [1.82, 2.24) is 0 Å². The van der Waals surface area contributed by atoms with Crippen molar-refractivity contribution in [3.63, 3.8) is 0 Å². The zero-order valence-electron chi connectivity index (χ0n) is 15.5. The van der Waals surface area contributed by atoms with Crippen LogP contribution >= 0.6 is 11.6 Å². The first-order valence-electron chi connectivity index (χ1n) is 8.38. The highest BCUT2D eigenvalue weighted by Crippen LogP contribution is 2.26. The Morgan fingerprint density at radius 3 is 2.59 bits per heavy atom. The van der Waals surface area contributed by atoms with Crippen molar-refractivity contribution >= 4 is 38.9 Å². The molecule has 1 amide bonds. The van der Waals surface area contributed by atoms with E-state index < -0.39 is 10.0 Å². The topological polar surface area (TPSA) is 75.7 Å². The lowest BCUT2D eigenvalue weighted by atomic mass is 10.2. The molecule has 0 saturated heterocycles. The first-order valence-corrected chi connectivity index (χ1v) is 10.6. The molecule has 0 radical (unpaired) electrons. The molecule has 0 bridgehead atoms. The Balaban J connectivity index is 2.01. The van der Waals surface area contributed by atoms with E-state index in [0.717, 1.165) is 11.8 Å². The van der Waals surface area contributed by atoms with Gasteiger partial charge in [0.1, 0.15) is 5.75 Å². The van der Waals surface area contributed by atoms with Crippen molar-refractivity contribution in [2.75, 3.05) is 29.5 Å².